The predicted octanol–water partition coefficient (Wildman–Crippen LogP) is 3.05. The molecule has 0 aliphatic rings. The maximum Gasteiger partial charge on any atom is 0.261 e. The lowest BCUT2D eigenvalue weighted by Crippen LogP contribution is -2.32. The van der Waals surface area contributed by atoms with E-state index in [-0.39, 0.29) is 24.6 Å². The van der Waals surface area contributed by atoms with Crippen LogP contribution in [-0.2, 0) is 17.9 Å². The molecule has 28 heavy (non-hydrogen) atoms. The number of aromatic nitrogens is 3. The molecule has 146 valence electrons. The first kappa shape index (κ1) is 20.0. The van der Waals surface area contributed by atoms with Crippen molar-refractivity contribution in [1.82, 2.24) is 19.9 Å². The summed E-state index contributed by atoms with van der Waals surface area (Å²) in [5, 5.41) is 3.27. The van der Waals surface area contributed by atoms with Crippen molar-refractivity contribution in [3.05, 3.63) is 63.2 Å². The summed E-state index contributed by atoms with van der Waals surface area (Å²) in [6.45, 7) is 2.84. The molecule has 2 heterocycles. The van der Waals surface area contributed by atoms with Crippen LogP contribution in [0.25, 0.3) is 10.9 Å². The molecule has 0 saturated heterocycles. The van der Waals surface area contributed by atoms with Crippen molar-refractivity contribution in [3.63, 3.8) is 0 Å². The Labute approximate surface area is 170 Å². The quantitative estimate of drug-likeness (QED) is 0.539. The largest absolute Gasteiger partial charge is 0.477 e. The molecule has 0 bridgehead atoms. The van der Waals surface area contributed by atoms with Crippen LogP contribution in [0, 0.1) is 0 Å². The fourth-order valence-corrected chi connectivity index (χ4v) is 3.01. The van der Waals surface area contributed by atoms with Crippen LogP contribution in [-0.4, -0.2) is 27.0 Å². The summed E-state index contributed by atoms with van der Waals surface area (Å²) >= 11 is 3.35. The highest BCUT2D eigenvalue weighted by molar-refractivity contribution is 9.10. The van der Waals surface area contributed by atoms with Gasteiger partial charge in [-0.1, -0.05) is 35.3 Å². The third-order valence-corrected chi connectivity index (χ3v) is 4.66. The SMILES string of the molecule is CCCCOc1ncccc1CNC(=O)Cn1cnc2ccc(Br)cc2c1=O. The van der Waals surface area contributed by atoms with Crippen LogP contribution >= 0.6 is 15.9 Å². The van der Waals surface area contributed by atoms with E-state index >= 15 is 0 Å². The van der Waals surface area contributed by atoms with Crippen molar-refractivity contribution in [2.75, 3.05) is 6.61 Å². The Kier molecular flexibility index (Phi) is 6.76. The maximum absolute atomic E-state index is 12.6. The van der Waals surface area contributed by atoms with Crippen molar-refractivity contribution >= 4 is 32.7 Å². The van der Waals surface area contributed by atoms with Gasteiger partial charge in [-0.25, -0.2) is 9.97 Å². The van der Waals surface area contributed by atoms with E-state index in [4.69, 9.17) is 4.74 Å². The normalized spacial score (nSPS) is 10.8. The summed E-state index contributed by atoms with van der Waals surface area (Å²) < 4.78 is 7.76. The monoisotopic (exact) mass is 444 g/mol. The van der Waals surface area contributed by atoms with Crippen molar-refractivity contribution < 1.29 is 9.53 Å². The minimum absolute atomic E-state index is 0.111. The van der Waals surface area contributed by atoms with E-state index in [1.807, 2.05) is 12.1 Å². The number of amides is 1. The second-order valence-corrected chi connectivity index (χ2v) is 7.20. The van der Waals surface area contributed by atoms with Crippen LogP contribution in [0.5, 0.6) is 5.88 Å². The predicted molar refractivity (Wildman–Crippen MR) is 110 cm³/mol. The highest BCUT2D eigenvalue weighted by Gasteiger charge is 2.10. The average Bonchev–Trinajstić information content (AvgIpc) is 2.70. The van der Waals surface area contributed by atoms with Crippen LogP contribution in [0.3, 0.4) is 0 Å². The van der Waals surface area contributed by atoms with Crippen molar-refractivity contribution in [3.8, 4) is 5.88 Å². The van der Waals surface area contributed by atoms with Gasteiger partial charge in [0, 0.05) is 22.8 Å². The molecule has 0 aliphatic heterocycles. The minimum atomic E-state index is -0.290. The van der Waals surface area contributed by atoms with E-state index in [9.17, 15) is 9.59 Å². The highest BCUT2D eigenvalue weighted by atomic mass is 79.9. The summed E-state index contributed by atoms with van der Waals surface area (Å²) in [7, 11) is 0. The van der Waals surface area contributed by atoms with E-state index in [0.29, 0.717) is 23.4 Å². The van der Waals surface area contributed by atoms with Gasteiger partial charge in [-0.15, -0.1) is 0 Å². The minimum Gasteiger partial charge on any atom is -0.477 e. The van der Waals surface area contributed by atoms with Gasteiger partial charge in [-0.05, 0) is 30.7 Å². The van der Waals surface area contributed by atoms with Gasteiger partial charge in [0.05, 0.1) is 23.8 Å². The molecule has 3 aromatic rings. The summed E-state index contributed by atoms with van der Waals surface area (Å²) in [5.41, 5.74) is 1.13. The van der Waals surface area contributed by atoms with Crippen molar-refractivity contribution in [2.45, 2.75) is 32.9 Å². The molecule has 2 aromatic heterocycles. The molecule has 0 unspecified atom stereocenters. The lowest BCUT2D eigenvalue weighted by atomic mass is 10.2. The van der Waals surface area contributed by atoms with Gasteiger partial charge in [0.2, 0.25) is 11.8 Å². The topological polar surface area (TPSA) is 86.1 Å². The number of pyridine rings is 1. The third-order valence-electron chi connectivity index (χ3n) is 4.16. The molecule has 0 aliphatic carbocycles. The number of hydrogen-bond donors (Lipinski definition) is 1. The first-order valence-electron chi connectivity index (χ1n) is 9.06. The van der Waals surface area contributed by atoms with Crippen LogP contribution in [0.15, 0.2) is 52.1 Å². The zero-order valence-electron chi connectivity index (χ0n) is 15.5. The van der Waals surface area contributed by atoms with Gasteiger partial charge in [-0.3, -0.25) is 14.2 Å². The lowest BCUT2D eigenvalue weighted by Gasteiger charge is -2.11. The average molecular weight is 445 g/mol. The van der Waals surface area contributed by atoms with E-state index in [1.165, 1.54) is 10.9 Å². The number of ether oxygens (including phenoxy) is 1. The number of fused-ring (bicyclic) bond motifs is 1. The molecular formula is C20H21BrN4O3. The van der Waals surface area contributed by atoms with E-state index in [0.717, 1.165) is 22.9 Å². The van der Waals surface area contributed by atoms with Gasteiger partial charge in [0.1, 0.15) is 6.54 Å². The first-order chi connectivity index (χ1) is 13.6. The highest BCUT2D eigenvalue weighted by Crippen LogP contribution is 2.15. The Morgan fingerprint density at radius 3 is 2.96 bits per heavy atom. The molecular weight excluding hydrogens is 424 g/mol. The Hall–Kier alpha value is -2.74. The molecule has 1 aromatic carbocycles. The van der Waals surface area contributed by atoms with Crippen molar-refractivity contribution in [2.24, 2.45) is 0 Å². The van der Waals surface area contributed by atoms with Gasteiger partial charge in [0.25, 0.3) is 5.56 Å². The smallest absolute Gasteiger partial charge is 0.261 e. The molecule has 1 amide bonds. The molecule has 0 spiro atoms. The fraction of sp³-hybridized carbons (Fsp3) is 0.300. The van der Waals surface area contributed by atoms with E-state index in [2.05, 4.69) is 38.1 Å². The Morgan fingerprint density at radius 2 is 2.14 bits per heavy atom. The zero-order chi connectivity index (χ0) is 19.9. The summed E-state index contributed by atoms with van der Waals surface area (Å²) in [4.78, 5) is 33.4. The van der Waals surface area contributed by atoms with Crippen LogP contribution in [0.2, 0.25) is 0 Å². The van der Waals surface area contributed by atoms with E-state index < -0.39 is 0 Å². The van der Waals surface area contributed by atoms with Crippen molar-refractivity contribution in [1.29, 1.82) is 0 Å². The summed E-state index contributed by atoms with van der Waals surface area (Å²) in [5.74, 6) is 0.229. The standard InChI is InChI=1S/C20H21BrN4O3/c1-2-3-9-28-19-14(5-4-8-22-19)11-23-18(26)12-25-13-24-17-7-6-15(21)10-16(17)20(25)27/h4-8,10,13H,2-3,9,11-12H2,1H3,(H,23,26). The van der Waals surface area contributed by atoms with Gasteiger partial charge in [0.15, 0.2) is 0 Å². The number of nitrogens with zero attached hydrogens (tertiary/aromatic N) is 3. The van der Waals surface area contributed by atoms with Gasteiger partial charge >= 0.3 is 0 Å². The first-order valence-corrected chi connectivity index (χ1v) is 9.86. The van der Waals surface area contributed by atoms with Gasteiger partial charge in [-0.2, -0.15) is 0 Å². The van der Waals surface area contributed by atoms with Gasteiger partial charge < -0.3 is 10.1 Å². The molecule has 3 rings (SSSR count). The molecule has 0 fully saturated rings. The molecule has 1 N–H and O–H groups in total. The number of nitrogens with one attached hydrogen (secondary N) is 1. The summed E-state index contributed by atoms with van der Waals surface area (Å²) in [6, 6.07) is 8.93. The third kappa shape index (κ3) is 4.95. The number of carbonyl (C=O) groups is 1. The molecule has 8 heteroatoms. The second-order valence-electron chi connectivity index (χ2n) is 6.29. The molecule has 7 nitrogen and oxygen atoms in total. The molecule has 0 radical (unpaired) electrons. The van der Waals surface area contributed by atoms with Crippen LogP contribution in [0.1, 0.15) is 25.3 Å². The Balaban J connectivity index is 1.66. The van der Waals surface area contributed by atoms with E-state index in [1.54, 1.807) is 24.4 Å². The number of rotatable bonds is 8. The molecule has 0 saturated carbocycles. The van der Waals surface area contributed by atoms with Crippen LogP contribution in [0.4, 0.5) is 0 Å². The van der Waals surface area contributed by atoms with Crippen LogP contribution < -0.4 is 15.6 Å². The zero-order valence-corrected chi connectivity index (χ0v) is 17.1. The Morgan fingerprint density at radius 1 is 1.29 bits per heavy atom. The number of halogens is 1. The summed E-state index contributed by atoms with van der Waals surface area (Å²) in [6.07, 6.45) is 5.02. The Bertz CT molecular complexity index is 1040. The number of unbranched alkanes of at least 4 members (excludes halogenated alkanes) is 1. The lowest BCUT2D eigenvalue weighted by molar-refractivity contribution is -0.121. The number of benzene rings is 1. The second kappa shape index (κ2) is 9.45. The maximum atomic E-state index is 12.6. The molecule has 0 atom stereocenters. The fourth-order valence-electron chi connectivity index (χ4n) is 2.65. The number of hydrogen-bond acceptors (Lipinski definition) is 5. The number of carbonyl (C=O) groups excluding carboxylic acids is 1.